The summed E-state index contributed by atoms with van der Waals surface area (Å²) < 4.78 is 39.0. The summed E-state index contributed by atoms with van der Waals surface area (Å²) in [5.74, 6) is 0.138. The summed E-state index contributed by atoms with van der Waals surface area (Å²) in [5.41, 5.74) is 2.59. The number of hydrogen-bond acceptors (Lipinski definition) is 6. The topological polar surface area (TPSA) is 104 Å². The maximum absolute atomic E-state index is 13.8. The van der Waals surface area contributed by atoms with E-state index in [1.54, 1.807) is 35.0 Å². The molecule has 0 radical (unpaired) electrons. The van der Waals surface area contributed by atoms with Crippen molar-refractivity contribution < 1.29 is 13.2 Å². The van der Waals surface area contributed by atoms with Crippen molar-refractivity contribution in [3.05, 3.63) is 132 Å². The van der Waals surface area contributed by atoms with Crippen LogP contribution in [0.2, 0.25) is 0 Å². The molecule has 3 aromatic heterocycles. The Kier molecular flexibility index (Phi) is 6.31. The van der Waals surface area contributed by atoms with Crippen molar-refractivity contribution in [2.45, 2.75) is 10.4 Å². The van der Waals surface area contributed by atoms with Crippen molar-refractivity contribution in [3.63, 3.8) is 0 Å². The molecule has 0 spiro atoms. The molecule has 6 aromatic rings. The van der Waals surface area contributed by atoms with Crippen LogP contribution in [0.5, 0.6) is 5.88 Å². The molecule has 0 atom stereocenters. The number of methoxy groups -OCH3 is 1. The Bertz CT molecular complexity index is 1790. The van der Waals surface area contributed by atoms with E-state index in [1.165, 1.54) is 13.3 Å². The fourth-order valence-corrected chi connectivity index (χ4v) is 6.15. The van der Waals surface area contributed by atoms with Gasteiger partial charge in [-0.3, -0.25) is 14.1 Å². The predicted octanol–water partition coefficient (Wildman–Crippen LogP) is 4.81. The van der Waals surface area contributed by atoms with Crippen LogP contribution in [0.15, 0.2) is 121 Å². The maximum Gasteiger partial charge on any atom is 0.265 e. The first kappa shape index (κ1) is 25.3. The summed E-state index contributed by atoms with van der Waals surface area (Å²) >= 11 is 0. The van der Waals surface area contributed by atoms with Gasteiger partial charge < -0.3 is 4.74 Å². The zero-order valence-corrected chi connectivity index (χ0v) is 22.7. The molecular weight excluding hydrogens is 524 g/mol. The molecular formula is C30H26N6O3S. The van der Waals surface area contributed by atoms with E-state index in [9.17, 15) is 8.42 Å². The second-order valence-corrected chi connectivity index (χ2v) is 10.9. The highest BCUT2D eigenvalue weighted by atomic mass is 32.2. The van der Waals surface area contributed by atoms with E-state index in [0.717, 1.165) is 16.7 Å². The van der Waals surface area contributed by atoms with Crippen molar-refractivity contribution in [2.24, 2.45) is 7.05 Å². The Labute approximate surface area is 231 Å². The molecule has 9 nitrogen and oxygen atoms in total. The molecule has 3 heterocycles. The summed E-state index contributed by atoms with van der Waals surface area (Å²) in [4.78, 5) is 4.24. The first-order chi connectivity index (χ1) is 19.4. The van der Waals surface area contributed by atoms with Crippen molar-refractivity contribution >= 4 is 26.6 Å². The molecule has 1 N–H and O–H groups in total. The van der Waals surface area contributed by atoms with Crippen LogP contribution in [-0.4, -0.2) is 40.1 Å². The molecule has 200 valence electrons. The van der Waals surface area contributed by atoms with Gasteiger partial charge in [0.05, 0.1) is 25.0 Å². The molecule has 0 saturated carbocycles. The third kappa shape index (κ3) is 4.09. The van der Waals surface area contributed by atoms with E-state index in [0.29, 0.717) is 10.9 Å². The number of hydrogen-bond donors (Lipinski definition) is 1. The molecule has 0 aliphatic carbocycles. The molecule has 6 rings (SSSR count). The molecule has 0 unspecified atom stereocenters. The van der Waals surface area contributed by atoms with E-state index >= 15 is 0 Å². The average molecular weight is 551 g/mol. The fourth-order valence-electron chi connectivity index (χ4n) is 5.15. The standard InChI is InChI=1S/C30H26N6O3S/c1-35-28-22(19-32-35)18-31-29(39-2)27(28)34-40(37,38)26-20-33-36(21-26)30(23-12-6-3-7-13-23,24-14-8-4-9-15-24)25-16-10-5-11-17-25/h3-21,34H,1-2H3. The van der Waals surface area contributed by atoms with E-state index in [4.69, 9.17) is 4.74 Å². The number of ether oxygens (including phenoxy) is 1. The summed E-state index contributed by atoms with van der Waals surface area (Å²) in [7, 11) is -0.946. The Morgan fingerprint density at radius 3 is 1.85 bits per heavy atom. The highest BCUT2D eigenvalue weighted by molar-refractivity contribution is 7.92. The molecule has 0 saturated heterocycles. The van der Waals surface area contributed by atoms with Crippen LogP contribution in [0, 0.1) is 0 Å². The number of fused-ring (bicyclic) bond motifs is 1. The van der Waals surface area contributed by atoms with Gasteiger partial charge in [0.25, 0.3) is 10.0 Å². The third-order valence-electron chi connectivity index (χ3n) is 6.96. The number of aromatic nitrogens is 5. The Balaban J connectivity index is 1.54. The second kappa shape index (κ2) is 9.97. The molecule has 0 aliphatic rings. The van der Waals surface area contributed by atoms with Gasteiger partial charge in [0.15, 0.2) is 0 Å². The van der Waals surface area contributed by atoms with Crippen LogP contribution in [0.4, 0.5) is 5.69 Å². The molecule has 10 heteroatoms. The van der Waals surface area contributed by atoms with Crippen LogP contribution in [0.3, 0.4) is 0 Å². The number of nitrogens with zero attached hydrogens (tertiary/aromatic N) is 5. The minimum absolute atomic E-state index is 0.0131. The molecule has 0 fully saturated rings. The van der Waals surface area contributed by atoms with Crippen LogP contribution in [0.1, 0.15) is 16.7 Å². The lowest BCUT2D eigenvalue weighted by molar-refractivity contribution is 0.400. The van der Waals surface area contributed by atoms with Gasteiger partial charge in [-0.2, -0.15) is 10.2 Å². The summed E-state index contributed by atoms with van der Waals surface area (Å²) in [6, 6.07) is 29.8. The van der Waals surface area contributed by atoms with E-state index < -0.39 is 15.6 Å². The Hall–Kier alpha value is -4.96. The smallest absolute Gasteiger partial charge is 0.265 e. The molecule has 40 heavy (non-hydrogen) atoms. The lowest BCUT2D eigenvalue weighted by atomic mass is 9.77. The quantitative estimate of drug-likeness (QED) is 0.273. The van der Waals surface area contributed by atoms with Gasteiger partial charge in [-0.05, 0) is 16.7 Å². The SMILES string of the molecule is COc1ncc2cnn(C)c2c1NS(=O)(=O)c1cnn(C(c2ccccc2)(c2ccccc2)c2ccccc2)c1. The number of rotatable bonds is 8. The Morgan fingerprint density at radius 2 is 1.32 bits per heavy atom. The molecule has 0 aliphatic heterocycles. The third-order valence-corrected chi connectivity index (χ3v) is 8.26. The number of nitrogens with one attached hydrogen (secondary N) is 1. The lowest BCUT2D eigenvalue weighted by Crippen LogP contribution is -2.38. The van der Waals surface area contributed by atoms with Crippen LogP contribution < -0.4 is 9.46 Å². The van der Waals surface area contributed by atoms with E-state index in [2.05, 4.69) is 19.9 Å². The molecule has 3 aromatic carbocycles. The van der Waals surface area contributed by atoms with Gasteiger partial charge in [-0.15, -0.1) is 0 Å². The second-order valence-electron chi connectivity index (χ2n) is 9.25. The number of anilines is 1. The number of pyridine rings is 1. The number of benzene rings is 3. The predicted molar refractivity (Wildman–Crippen MR) is 153 cm³/mol. The molecule has 0 amide bonds. The highest BCUT2D eigenvalue weighted by Gasteiger charge is 2.40. The van der Waals surface area contributed by atoms with Gasteiger partial charge in [-0.1, -0.05) is 91.0 Å². The van der Waals surface area contributed by atoms with Crippen molar-refractivity contribution in [2.75, 3.05) is 11.8 Å². The van der Waals surface area contributed by atoms with Crippen LogP contribution >= 0.6 is 0 Å². The zero-order valence-electron chi connectivity index (χ0n) is 21.8. The lowest BCUT2D eigenvalue weighted by Gasteiger charge is -2.36. The van der Waals surface area contributed by atoms with Gasteiger partial charge in [0, 0.05) is 24.8 Å². The largest absolute Gasteiger partial charge is 0.479 e. The maximum atomic E-state index is 13.8. The first-order valence-corrected chi connectivity index (χ1v) is 14.0. The molecule has 0 bridgehead atoms. The number of sulfonamides is 1. The minimum atomic E-state index is -4.11. The monoisotopic (exact) mass is 550 g/mol. The normalized spacial score (nSPS) is 11.9. The van der Waals surface area contributed by atoms with Gasteiger partial charge in [-0.25, -0.2) is 13.4 Å². The van der Waals surface area contributed by atoms with Crippen molar-refractivity contribution in [1.29, 1.82) is 0 Å². The fraction of sp³-hybridized carbons (Fsp3) is 0.100. The zero-order chi connectivity index (χ0) is 27.7. The van der Waals surface area contributed by atoms with E-state index in [1.807, 2.05) is 91.0 Å². The summed E-state index contributed by atoms with van der Waals surface area (Å²) in [6.07, 6.45) is 6.12. The summed E-state index contributed by atoms with van der Waals surface area (Å²) in [6.45, 7) is 0. The van der Waals surface area contributed by atoms with Crippen LogP contribution in [-0.2, 0) is 22.6 Å². The van der Waals surface area contributed by atoms with Gasteiger partial charge in [0.2, 0.25) is 5.88 Å². The van der Waals surface area contributed by atoms with Gasteiger partial charge in [0.1, 0.15) is 16.1 Å². The highest BCUT2D eigenvalue weighted by Crippen LogP contribution is 2.41. The number of aryl methyl sites for hydroxylation is 1. The van der Waals surface area contributed by atoms with Crippen molar-refractivity contribution in [1.82, 2.24) is 24.5 Å². The Morgan fingerprint density at radius 1 is 0.775 bits per heavy atom. The van der Waals surface area contributed by atoms with Gasteiger partial charge >= 0.3 is 0 Å². The first-order valence-electron chi connectivity index (χ1n) is 12.5. The summed E-state index contributed by atoms with van der Waals surface area (Å²) in [5, 5.41) is 9.59. The average Bonchev–Trinajstić information content (AvgIpc) is 3.64. The van der Waals surface area contributed by atoms with Crippen LogP contribution in [0.25, 0.3) is 10.9 Å². The van der Waals surface area contributed by atoms with Crippen molar-refractivity contribution in [3.8, 4) is 5.88 Å². The minimum Gasteiger partial charge on any atom is -0.479 e. The van der Waals surface area contributed by atoms with E-state index in [-0.39, 0.29) is 16.5 Å².